The van der Waals surface area contributed by atoms with Gasteiger partial charge in [-0.1, -0.05) is 0 Å². The van der Waals surface area contributed by atoms with E-state index in [1.807, 2.05) is 18.3 Å². The zero-order valence-corrected chi connectivity index (χ0v) is 17.6. The van der Waals surface area contributed by atoms with Crippen LogP contribution in [0.25, 0.3) is 28.1 Å². The minimum Gasteiger partial charge on any atom is -0.481 e. The molecule has 0 radical (unpaired) electrons. The molecule has 0 saturated heterocycles. The van der Waals surface area contributed by atoms with E-state index in [0.717, 1.165) is 31.0 Å². The van der Waals surface area contributed by atoms with Crippen molar-refractivity contribution in [3.05, 3.63) is 36.4 Å². The van der Waals surface area contributed by atoms with Crippen molar-refractivity contribution in [1.29, 1.82) is 0 Å². The third kappa shape index (κ3) is 2.66. The molecule has 8 rings (SSSR count). The Morgan fingerprint density at radius 2 is 1.97 bits per heavy atom. The molecule has 4 saturated carbocycles. The van der Waals surface area contributed by atoms with E-state index in [1.165, 1.54) is 12.5 Å². The average molecular weight is 447 g/mol. The zero-order chi connectivity index (χ0) is 22.3. The normalized spacial score (nSPS) is 30.3. The number of hydrogen-bond acceptors (Lipinski definition) is 6. The molecule has 9 nitrogen and oxygen atoms in total. The molecule has 0 aliphatic heterocycles. The maximum atomic E-state index is 13.9. The van der Waals surface area contributed by atoms with Crippen molar-refractivity contribution >= 4 is 28.3 Å². The molecule has 4 aliphatic carbocycles. The van der Waals surface area contributed by atoms with E-state index in [4.69, 9.17) is 4.98 Å². The summed E-state index contributed by atoms with van der Waals surface area (Å²) in [6.07, 6.45) is 7.32. The molecular formula is C23H22FN7O2. The molecule has 3 unspecified atom stereocenters. The number of nitrogens with zero attached hydrogens (tertiary/aromatic N) is 5. The van der Waals surface area contributed by atoms with Crippen molar-refractivity contribution in [2.24, 2.45) is 29.6 Å². The van der Waals surface area contributed by atoms with Crippen molar-refractivity contribution in [2.45, 2.75) is 31.7 Å². The summed E-state index contributed by atoms with van der Waals surface area (Å²) in [5.41, 5.74) is 1.61. The van der Waals surface area contributed by atoms with Crippen LogP contribution in [-0.2, 0) is 4.79 Å². The Balaban J connectivity index is 1.33. The van der Waals surface area contributed by atoms with Gasteiger partial charge >= 0.3 is 5.97 Å². The summed E-state index contributed by atoms with van der Waals surface area (Å²) in [6, 6.07) is 4.94. The summed E-state index contributed by atoms with van der Waals surface area (Å²) in [5, 5.41) is 25.8. The number of halogens is 1. The highest BCUT2D eigenvalue weighted by atomic mass is 19.1. The zero-order valence-electron chi connectivity index (χ0n) is 17.6. The van der Waals surface area contributed by atoms with Crippen LogP contribution >= 0.6 is 0 Å². The van der Waals surface area contributed by atoms with Crippen molar-refractivity contribution < 1.29 is 14.3 Å². The van der Waals surface area contributed by atoms with Gasteiger partial charge in [-0.2, -0.15) is 5.10 Å². The number of H-pyrrole nitrogens is 1. The molecular weight excluding hydrogens is 425 g/mol. The van der Waals surface area contributed by atoms with Gasteiger partial charge in [0.2, 0.25) is 5.82 Å². The third-order valence-corrected chi connectivity index (χ3v) is 8.20. The highest BCUT2D eigenvalue weighted by Crippen LogP contribution is 2.60. The van der Waals surface area contributed by atoms with Gasteiger partial charge in [0, 0.05) is 12.2 Å². The van der Waals surface area contributed by atoms with Crippen LogP contribution in [-0.4, -0.2) is 46.9 Å². The molecule has 3 N–H and O–H groups in total. The van der Waals surface area contributed by atoms with Crippen LogP contribution in [0.5, 0.6) is 0 Å². The molecule has 4 aliphatic rings. The monoisotopic (exact) mass is 447 g/mol. The largest absolute Gasteiger partial charge is 0.481 e. The predicted molar refractivity (Wildman–Crippen MR) is 117 cm³/mol. The van der Waals surface area contributed by atoms with Crippen LogP contribution in [0.1, 0.15) is 25.7 Å². The number of aromatic amines is 1. The lowest BCUT2D eigenvalue weighted by Gasteiger charge is -2.60. The summed E-state index contributed by atoms with van der Waals surface area (Å²) >= 11 is 0. The Morgan fingerprint density at radius 3 is 2.79 bits per heavy atom. The molecule has 4 aromatic rings. The highest BCUT2D eigenvalue weighted by molar-refractivity contribution is 5.89. The summed E-state index contributed by atoms with van der Waals surface area (Å²) in [7, 11) is 0. The summed E-state index contributed by atoms with van der Waals surface area (Å²) in [5.74, 6) is 0.962. The number of aliphatic carboxylic acids is 1. The first-order valence-corrected chi connectivity index (χ1v) is 11.4. The van der Waals surface area contributed by atoms with Crippen LogP contribution < -0.4 is 5.32 Å². The number of aromatic nitrogens is 6. The van der Waals surface area contributed by atoms with Crippen LogP contribution in [0, 0.1) is 35.4 Å². The quantitative estimate of drug-likeness (QED) is 0.439. The average Bonchev–Trinajstić information content (AvgIpc) is 3.40. The first kappa shape index (κ1) is 19.0. The number of carboxylic acid groups (broad SMARTS) is 1. The second-order valence-electron chi connectivity index (χ2n) is 9.59. The summed E-state index contributed by atoms with van der Waals surface area (Å²) in [4.78, 5) is 21.1. The Hall–Kier alpha value is -3.56. The van der Waals surface area contributed by atoms with Gasteiger partial charge in [-0.25, -0.2) is 18.9 Å². The van der Waals surface area contributed by atoms with E-state index in [1.54, 1.807) is 4.52 Å². The van der Waals surface area contributed by atoms with Crippen molar-refractivity contribution in [2.75, 3.05) is 5.32 Å². The number of hydrogen-bond donors (Lipinski definition) is 3. The van der Waals surface area contributed by atoms with Crippen LogP contribution in [0.15, 0.2) is 30.6 Å². The van der Waals surface area contributed by atoms with Gasteiger partial charge in [0.15, 0.2) is 11.5 Å². The number of carboxylic acids is 1. The molecule has 4 heterocycles. The van der Waals surface area contributed by atoms with Crippen molar-refractivity contribution in [3.63, 3.8) is 0 Å². The van der Waals surface area contributed by atoms with Gasteiger partial charge in [0.1, 0.15) is 17.0 Å². The van der Waals surface area contributed by atoms with E-state index in [2.05, 4.69) is 25.6 Å². The maximum absolute atomic E-state index is 13.9. The van der Waals surface area contributed by atoms with Crippen LogP contribution in [0.2, 0.25) is 0 Å². The summed E-state index contributed by atoms with van der Waals surface area (Å²) in [6.45, 7) is 0. The molecule has 4 aromatic heterocycles. The lowest BCUT2D eigenvalue weighted by molar-refractivity contribution is -0.160. The number of rotatable bonds is 4. The van der Waals surface area contributed by atoms with Gasteiger partial charge < -0.3 is 10.4 Å². The first-order valence-electron chi connectivity index (χ1n) is 11.4. The molecule has 6 atom stereocenters. The van der Waals surface area contributed by atoms with Crippen molar-refractivity contribution in [3.8, 4) is 11.5 Å². The van der Waals surface area contributed by atoms with Gasteiger partial charge in [-0.15, -0.1) is 5.10 Å². The van der Waals surface area contributed by atoms with Gasteiger partial charge in [-0.05, 0) is 67.6 Å². The number of fused-ring (bicyclic) bond motifs is 4. The van der Waals surface area contributed by atoms with E-state index < -0.39 is 17.7 Å². The number of anilines is 1. The second-order valence-corrected chi connectivity index (χ2v) is 9.59. The molecule has 33 heavy (non-hydrogen) atoms. The first-order chi connectivity index (χ1) is 16.1. The van der Waals surface area contributed by atoms with E-state index in [-0.39, 0.29) is 12.0 Å². The van der Waals surface area contributed by atoms with Crippen LogP contribution in [0.3, 0.4) is 0 Å². The predicted octanol–water partition coefficient (Wildman–Crippen LogP) is 3.35. The summed E-state index contributed by atoms with van der Waals surface area (Å²) < 4.78 is 15.6. The molecule has 0 aromatic carbocycles. The smallest absolute Gasteiger partial charge is 0.308 e. The lowest BCUT2D eigenvalue weighted by Crippen LogP contribution is -2.61. The minimum absolute atomic E-state index is 0.181. The van der Waals surface area contributed by atoms with Gasteiger partial charge in [0.05, 0.1) is 17.5 Å². The van der Waals surface area contributed by atoms with E-state index in [0.29, 0.717) is 46.1 Å². The van der Waals surface area contributed by atoms with E-state index >= 15 is 0 Å². The Labute approximate surface area is 187 Å². The number of carbonyl (C=O) groups is 1. The Kier molecular flexibility index (Phi) is 3.86. The fourth-order valence-electron chi connectivity index (χ4n) is 6.73. The Bertz CT molecular complexity index is 1410. The standard InChI is InChI=1S/C23H22FN7O2/c24-10-8-15-19(28-29-20(15)25-9-10)22-27-21(16-2-1-7-31(16)30-22)26-18-14-6-5-13(17(18)23(32)33)11-3-4-12(11)14/h1-2,7-9,11-14,17-18H,3-6H2,(H,32,33)(H,25,28,29)(H,26,27,30)/t11?,12?,13-,14+,17-,18?/m0/s1. The SMILES string of the molecule is O=C(O)[C@@H]1C(Nc2nc(-c3n[nH]c4ncc(F)cc34)nn3cccc23)[C@@H]2CC[C@H]1C1CCC12. The fourth-order valence-corrected chi connectivity index (χ4v) is 6.73. The molecule has 168 valence electrons. The number of pyridine rings is 1. The minimum atomic E-state index is -0.729. The van der Waals surface area contributed by atoms with E-state index in [9.17, 15) is 14.3 Å². The number of nitrogens with one attached hydrogen (secondary N) is 2. The third-order valence-electron chi connectivity index (χ3n) is 8.20. The topological polar surface area (TPSA) is 121 Å². The maximum Gasteiger partial charge on any atom is 0.308 e. The fraction of sp³-hybridized carbons (Fsp3) is 0.435. The molecule has 0 spiro atoms. The molecule has 4 fully saturated rings. The molecule has 10 heteroatoms. The van der Waals surface area contributed by atoms with Crippen LogP contribution in [0.4, 0.5) is 10.2 Å². The van der Waals surface area contributed by atoms with Gasteiger partial charge in [0.25, 0.3) is 0 Å². The highest BCUT2D eigenvalue weighted by Gasteiger charge is 2.59. The molecule has 2 bridgehead atoms. The van der Waals surface area contributed by atoms with Gasteiger partial charge in [-0.3, -0.25) is 9.89 Å². The second kappa shape index (κ2) is 6.72. The Morgan fingerprint density at radius 1 is 1.18 bits per heavy atom. The van der Waals surface area contributed by atoms with Crippen molar-refractivity contribution in [1.82, 2.24) is 29.8 Å². The lowest BCUT2D eigenvalue weighted by atomic mass is 9.46. The molecule has 0 amide bonds.